The maximum atomic E-state index is 8.94. The molecule has 1 fully saturated rings. The van der Waals surface area contributed by atoms with Crippen LogP contribution in [0.2, 0.25) is 0 Å². The fraction of sp³-hybridized carbons (Fsp3) is 0.250. The van der Waals surface area contributed by atoms with Crippen molar-refractivity contribution in [3.63, 3.8) is 0 Å². The van der Waals surface area contributed by atoms with Gasteiger partial charge in [-0.1, -0.05) is 36.4 Å². The number of methoxy groups -OCH3 is 1. The number of nitrogens with two attached hydrogens (primary N) is 1. The first kappa shape index (κ1) is 18.5. The van der Waals surface area contributed by atoms with Gasteiger partial charge in [-0.2, -0.15) is 0 Å². The Morgan fingerprint density at radius 3 is 2.44 bits per heavy atom. The van der Waals surface area contributed by atoms with Crippen molar-refractivity contribution in [3.05, 3.63) is 59.2 Å². The number of amides is 1. The average Bonchev–Trinajstić information content (AvgIpc) is 3.51. The van der Waals surface area contributed by atoms with Crippen LogP contribution in [0.25, 0.3) is 12.2 Å². The third-order valence-electron chi connectivity index (χ3n) is 4.07. The SMILES string of the molecule is CNc1cccc(OC)c1/C=C/c1ccccc1C1CC1.NNC=O. The molecule has 5 nitrogen and oxygen atoms in total. The minimum atomic E-state index is 0.403. The number of rotatable bonds is 6. The first-order chi connectivity index (χ1) is 12.2. The molecule has 0 aliphatic heterocycles. The van der Waals surface area contributed by atoms with E-state index in [-0.39, 0.29) is 0 Å². The summed E-state index contributed by atoms with van der Waals surface area (Å²) in [5.74, 6) is 6.06. The normalized spacial score (nSPS) is 12.9. The van der Waals surface area contributed by atoms with Crippen LogP contribution in [0.4, 0.5) is 5.69 Å². The van der Waals surface area contributed by atoms with Crippen molar-refractivity contribution in [3.8, 4) is 5.75 Å². The molecule has 4 N–H and O–H groups in total. The number of benzene rings is 2. The van der Waals surface area contributed by atoms with E-state index in [1.807, 2.05) is 19.2 Å². The highest BCUT2D eigenvalue weighted by molar-refractivity contribution is 5.81. The van der Waals surface area contributed by atoms with Crippen molar-refractivity contribution in [1.82, 2.24) is 5.43 Å². The lowest BCUT2D eigenvalue weighted by Crippen LogP contribution is -2.18. The first-order valence-corrected chi connectivity index (χ1v) is 8.26. The van der Waals surface area contributed by atoms with Crippen LogP contribution in [-0.2, 0) is 4.79 Å². The standard InChI is InChI=1S/C19H21NO.CH4N2O/c1-20-18-8-5-9-19(21-2)17(18)13-12-14-6-3-4-7-16(14)15-10-11-15;2-3-1-4/h3-9,12-13,15,20H,10-11H2,1-2H3;1H,2H2,(H,3,4)/b13-12+;. The van der Waals surface area contributed by atoms with E-state index >= 15 is 0 Å². The minimum absolute atomic E-state index is 0.403. The number of nitrogens with one attached hydrogen (secondary N) is 2. The Balaban J connectivity index is 0.000000511. The molecule has 1 aliphatic rings. The van der Waals surface area contributed by atoms with Crippen molar-refractivity contribution in [2.75, 3.05) is 19.5 Å². The molecular formula is C20H25N3O2. The van der Waals surface area contributed by atoms with Crippen molar-refractivity contribution in [2.45, 2.75) is 18.8 Å². The minimum Gasteiger partial charge on any atom is -0.496 e. The van der Waals surface area contributed by atoms with Gasteiger partial charge in [-0.25, -0.2) is 5.84 Å². The predicted octanol–water partition coefficient (Wildman–Crippen LogP) is 3.39. The van der Waals surface area contributed by atoms with E-state index in [0.717, 1.165) is 22.9 Å². The third kappa shape index (κ3) is 5.09. The van der Waals surface area contributed by atoms with Crippen molar-refractivity contribution >= 4 is 24.2 Å². The second-order valence-electron chi connectivity index (χ2n) is 5.69. The monoisotopic (exact) mass is 339 g/mol. The molecule has 0 atom stereocenters. The Kier molecular flexibility index (Phi) is 7.04. The second-order valence-corrected chi connectivity index (χ2v) is 5.69. The number of ether oxygens (including phenoxy) is 1. The molecule has 0 unspecified atom stereocenters. The molecule has 2 aromatic rings. The lowest BCUT2D eigenvalue weighted by atomic mass is 10.0. The maximum Gasteiger partial charge on any atom is 0.221 e. The van der Waals surface area contributed by atoms with E-state index in [4.69, 9.17) is 9.53 Å². The summed E-state index contributed by atoms with van der Waals surface area (Å²) in [5, 5.41) is 3.23. The fourth-order valence-electron chi connectivity index (χ4n) is 2.71. The van der Waals surface area contributed by atoms with E-state index in [1.54, 1.807) is 12.5 Å². The van der Waals surface area contributed by atoms with Crippen LogP contribution in [-0.4, -0.2) is 20.6 Å². The largest absolute Gasteiger partial charge is 0.496 e. The lowest BCUT2D eigenvalue weighted by Gasteiger charge is -2.11. The summed E-state index contributed by atoms with van der Waals surface area (Å²) in [7, 11) is 3.65. The highest BCUT2D eigenvalue weighted by Gasteiger charge is 2.24. The van der Waals surface area contributed by atoms with Crippen LogP contribution < -0.4 is 21.3 Å². The topological polar surface area (TPSA) is 76.4 Å². The molecule has 0 bridgehead atoms. The van der Waals surface area contributed by atoms with Crippen molar-refractivity contribution in [2.24, 2.45) is 5.84 Å². The van der Waals surface area contributed by atoms with Crippen LogP contribution in [0.15, 0.2) is 42.5 Å². The van der Waals surface area contributed by atoms with E-state index in [9.17, 15) is 0 Å². The van der Waals surface area contributed by atoms with Gasteiger partial charge in [0.1, 0.15) is 5.75 Å². The fourth-order valence-corrected chi connectivity index (χ4v) is 2.71. The third-order valence-corrected chi connectivity index (χ3v) is 4.07. The molecule has 0 heterocycles. The van der Waals surface area contributed by atoms with Gasteiger partial charge in [-0.15, -0.1) is 0 Å². The van der Waals surface area contributed by atoms with Gasteiger partial charge in [-0.3, -0.25) is 10.2 Å². The van der Waals surface area contributed by atoms with Crippen LogP contribution in [0.5, 0.6) is 5.75 Å². The lowest BCUT2D eigenvalue weighted by molar-refractivity contribution is -0.109. The Morgan fingerprint density at radius 1 is 1.12 bits per heavy atom. The van der Waals surface area contributed by atoms with E-state index in [2.05, 4.69) is 53.6 Å². The molecule has 1 amide bonds. The van der Waals surface area contributed by atoms with Crippen LogP contribution >= 0.6 is 0 Å². The molecule has 1 aliphatic carbocycles. The zero-order valence-corrected chi connectivity index (χ0v) is 14.7. The molecule has 1 saturated carbocycles. The summed E-state index contributed by atoms with van der Waals surface area (Å²) in [5.41, 5.74) is 6.70. The first-order valence-electron chi connectivity index (χ1n) is 8.26. The highest BCUT2D eigenvalue weighted by Crippen LogP contribution is 2.42. The van der Waals surface area contributed by atoms with Gasteiger partial charge in [0.25, 0.3) is 0 Å². The quantitative estimate of drug-likeness (QED) is 0.248. The highest BCUT2D eigenvalue weighted by atomic mass is 16.5. The number of hydrogen-bond acceptors (Lipinski definition) is 4. The predicted molar refractivity (Wildman–Crippen MR) is 103 cm³/mol. The molecule has 25 heavy (non-hydrogen) atoms. The molecular weight excluding hydrogens is 314 g/mol. The molecule has 3 rings (SSSR count). The van der Waals surface area contributed by atoms with Crippen LogP contribution in [0, 0.1) is 0 Å². The zero-order chi connectivity index (χ0) is 18.1. The van der Waals surface area contributed by atoms with Gasteiger partial charge in [0, 0.05) is 18.3 Å². The summed E-state index contributed by atoms with van der Waals surface area (Å²) in [6.45, 7) is 0. The maximum absolute atomic E-state index is 8.94. The van der Waals surface area contributed by atoms with Crippen molar-refractivity contribution in [1.29, 1.82) is 0 Å². The van der Waals surface area contributed by atoms with Gasteiger partial charge < -0.3 is 10.1 Å². The molecule has 132 valence electrons. The van der Waals surface area contributed by atoms with Gasteiger partial charge in [0.05, 0.1) is 7.11 Å². The number of hydrogen-bond donors (Lipinski definition) is 3. The Hall–Kier alpha value is -2.79. The number of anilines is 1. The number of carbonyl (C=O) groups excluding carboxylic acids is 1. The summed E-state index contributed by atoms with van der Waals surface area (Å²) in [6.07, 6.45) is 7.39. The van der Waals surface area contributed by atoms with Crippen LogP contribution in [0.1, 0.15) is 35.4 Å². The molecule has 2 aromatic carbocycles. The summed E-state index contributed by atoms with van der Waals surface area (Å²) < 4.78 is 5.48. The Labute approximate surface area is 148 Å². The van der Waals surface area contributed by atoms with Gasteiger partial charge in [-0.05, 0) is 48.1 Å². The Bertz CT molecular complexity index is 702. The van der Waals surface area contributed by atoms with Gasteiger partial charge >= 0.3 is 0 Å². The molecule has 0 spiro atoms. The van der Waals surface area contributed by atoms with Gasteiger partial charge in [0.2, 0.25) is 6.41 Å². The van der Waals surface area contributed by atoms with Crippen LogP contribution in [0.3, 0.4) is 0 Å². The van der Waals surface area contributed by atoms with E-state index in [0.29, 0.717) is 6.41 Å². The van der Waals surface area contributed by atoms with Gasteiger partial charge in [0.15, 0.2) is 0 Å². The van der Waals surface area contributed by atoms with Crippen molar-refractivity contribution < 1.29 is 9.53 Å². The second kappa shape index (κ2) is 9.49. The number of carbonyl (C=O) groups is 1. The number of hydrazine groups is 1. The molecule has 0 saturated heterocycles. The van der Waals surface area contributed by atoms with E-state index < -0.39 is 0 Å². The summed E-state index contributed by atoms with van der Waals surface area (Å²) >= 11 is 0. The Morgan fingerprint density at radius 2 is 1.84 bits per heavy atom. The smallest absolute Gasteiger partial charge is 0.221 e. The average molecular weight is 339 g/mol. The molecule has 0 aromatic heterocycles. The summed E-state index contributed by atoms with van der Waals surface area (Å²) in [6, 6.07) is 14.7. The molecule has 5 heteroatoms. The zero-order valence-electron chi connectivity index (χ0n) is 14.7. The molecule has 0 radical (unpaired) electrons. The summed E-state index contributed by atoms with van der Waals surface area (Å²) in [4.78, 5) is 8.94. The van der Waals surface area contributed by atoms with E-state index in [1.165, 1.54) is 24.0 Å².